The first-order chi connectivity index (χ1) is 7.92. The van der Waals surface area contributed by atoms with E-state index in [-0.39, 0.29) is 11.8 Å². The number of amides is 1. The average Bonchev–Trinajstić information content (AvgIpc) is 2.67. The number of carbonyl (C=O) groups is 2. The van der Waals surface area contributed by atoms with Gasteiger partial charge in [-0.1, -0.05) is 20.3 Å². The molecule has 0 aromatic carbocycles. The molecule has 4 nitrogen and oxygen atoms in total. The number of carboxylic acids is 1. The van der Waals surface area contributed by atoms with Crippen molar-refractivity contribution in [2.75, 3.05) is 6.54 Å². The molecular formula is C13H21NO3. The lowest BCUT2D eigenvalue weighted by molar-refractivity contribution is -0.146. The van der Waals surface area contributed by atoms with E-state index in [4.69, 9.17) is 5.11 Å². The molecule has 2 fully saturated rings. The van der Waals surface area contributed by atoms with Crippen molar-refractivity contribution in [3.8, 4) is 0 Å². The standard InChI is InChI=1S/C13H21NO3/c1-13(2)6-8(13)7-14-11(15)9-4-3-5-10(9)12(16)17/h8-10H,3-7H2,1-2H3,(H,14,15)(H,16,17)/t8?,9-,10+/m1/s1. The number of aliphatic carboxylic acids is 1. The van der Waals surface area contributed by atoms with Crippen LogP contribution in [0.25, 0.3) is 0 Å². The van der Waals surface area contributed by atoms with E-state index in [9.17, 15) is 9.59 Å². The summed E-state index contributed by atoms with van der Waals surface area (Å²) in [5, 5.41) is 12.0. The third kappa shape index (κ3) is 2.61. The highest BCUT2D eigenvalue weighted by Crippen LogP contribution is 2.51. The van der Waals surface area contributed by atoms with E-state index in [0.717, 1.165) is 19.3 Å². The zero-order chi connectivity index (χ0) is 12.6. The van der Waals surface area contributed by atoms with Crippen molar-refractivity contribution in [2.24, 2.45) is 23.2 Å². The molecule has 0 aromatic rings. The van der Waals surface area contributed by atoms with E-state index in [1.54, 1.807) is 0 Å². The minimum absolute atomic E-state index is 0.0578. The summed E-state index contributed by atoms with van der Waals surface area (Å²) in [5.74, 6) is -1.10. The van der Waals surface area contributed by atoms with Crippen molar-refractivity contribution in [1.82, 2.24) is 5.32 Å². The molecule has 0 heterocycles. The van der Waals surface area contributed by atoms with Gasteiger partial charge in [-0.2, -0.15) is 0 Å². The Hall–Kier alpha value is -1.06. The molecule has 2 aliphatic carbocycles. The van der Waals surface area contributed by atoms with Crippen molar-refractivity contribution >= 4 is 11.9 Å². The van der Waals surface area contributed by atoms with Gasteiger partial charge in [0.1, 0.15) is 0 Å². The van der Waals surface area contributed by atoms with Crippen molar-refractivity contribution < 1.29 is 14.7 Å². The second-order valence-corrected chi connectivity index (χ2v) is 6.12. The molecule has 0 spiro atoms. The first-order valence-corrected chi connectivity index (χ1v) is 6.42. The van der Waals surface area contributed by atoms with Gasteiger partial charge in [0, 0.05) is 6.54 Å². The Morgan fingerprint density at radius 1 is 1.29 bits per heavy atom. The molecule has 0 bridgehead atoms. The molecule has 1 unspecified atom stereocenters. The normalized spacial score (nSPS) is 34.4. The van der Waals surface area contributed by atoms with Gasteiger partial charge in [0.15, 0.2) is 0 Å². The van der Waals surface area contributed by atoms with Crippen LogP contribution < -0.4 is 5.32 Å². The summed E-state index contributed by atoms with van der Waals surface area (Å²) in [5.41, 5.74) is 0.356. The zero-order valence-corrected chi connectivity index (χ0v) is 10.5. The van der Waals surface area contributed by atoms with Crippen LogP contribution in [0.1, 0.15) is 39.5 Å². The number of hydrogen-bond donors (Lipinski definition) is 2. The van der Waals surface area contributed by atoms with Gasteiger partial charge in [-0.25, -0.2) is 0 Å². The lowest BCUT2D eigenvalue weighted by Crippen LogP contribution is -2.36. The molecule has 0 aromatic heterocycles. The fraction of sp³-hybridized carbons (Fsp3) is 0.846. The molecule has 2 rings (SSSR count). The zero-order valence-electron chi connectivity index (χ0n) is 10.5. The molecular weight excluding hydrogens is 218 g/mol. The number of carboxylic acid groups (broad SMARTS) is 1. The second-order valence-electron chi connectivity index (χ2n) is 6.12. The summed E-state index contributed by atoms with van der Waals surface area (Å²) >= 11 is 0. The van der Waals surface area contributed by atoms with Crippen LogP contribution in [0.3, 0.4) is 0 Å². The molecule has 4 heteroatoms. The van der Waals surface area contributed by atoms with Crippen LogP contribution >= 0.6 is 0 Å². The highest BCUT2D eigenvalue weighted by molar-refractivity contribution is 5.85. The molecule has 0 radical (unpaired) electrons. The maximum Gasteiger partial charge on any atom is 0.307 e. The predicted octanol–water partition coefficient (Wildman–Crippen LogP) is 1.65. The minimum atomic E-state index is -0.825. The van der Waals surface area contributed by atoms with Gasteiger partial charge in [0.05, 0.1) is 11.8 Å². The first-order valence-electron chi connectivity index (χ1n) is 6.42. The highest BCUT2D eigenvalue weighted by Gasteiger charge is 2.46. The van der Waals surface area contributed by atoms with Gasteiger partial charge in [0.2, 0.25) is 5.91 Å². The van der Waals surface area contributed by atoms with E-state index < -0.39 is 11.9 Å². The van der Waals surface area contributed by atoms with Crippen molar-refractivity contribution in [2.45, 2.75) is 39.5 Å². The van der Waals surface area contributed by atoms with Crippen molar-refractivity contribution in [3.63, 3.8) is 0 Å². The SMILES string of the molecule is CC1(C)CC1CNC(=O)[C@@H]1CCC[C@@H]1C(=O)O. The Labute approximate surface area is 102 Å². The van der Waals surface area contributed by atoms with Crippen LogP contribution in [-0.2, 0) is 9.59 Å². The summed E-state index contributed by atoms with van der Waals surface area (Å²) in [6.07, 6.45) is 3.36. The van der Waals surface area contributed by atoms with Crippen molar-refractivity contribution in [3.05, 3.63) is 0 Å². The Kier molecular flexibility index (Phi) is 3.15. The van der Waals surface area contributed by atoms with E-state index in [0.29, 0.717) is 24.3 Å². The van der Waals surface area contributed by atoms with Crippen LogP contribution in [0.15, 0.2) is 0 Å². The molecule has 2 N–H and O–H groups in total. The minimum Gasteiger partial charge on any atom is -0.481 e. The average molecular weight is 239 g/mol. The maximum atomic E-state index is 11.9. The summed E-state index contributed by atoms with van der Waals surface area (Å²) in [7, 11) is 0. The number of hydrogen-bond acceptors (Lipinski definition) is 2. The molecule has 1 amide bonds. The van der Waals surface area contributed by atoms with Crippen LogP contribution in [0.2, 0.25) is 0 Å². The molecule has 0 aliphatic heterocycles. The third-order valence-electron chi connectivity index (χ3n) is 4.41. The Morgan fingerprint density at radius 3 is 2.41 bits per heavy atom. The molecule has 17 heavy (non-hydrogen) atoms. The Balaban J connectivity index is 1.81. The number of carbonyl (C=O) groups excluding carboxylic acids is 1. The number of rotatable bonds is 4. The Bertz CT molecular complexity index is 338. The molecule has 96 valence electrons. The summed E-state index contributed by atoms with van der Waals surface area (Å²) in [6.45, 7) is 5.09. The largest absolute Gasteiger partial charge is 0.481 e. The van der Waals surface area contributed by atoms with E-state index in [1.165, 1.54) is 0 Å². The molecule has 2 aliphatic rings. The number of nitrogens with one attached hydrogen (secondary N) is 1. The van der Waals surface area contributed by atoms with Crippen LogP contribution in [-0.4, -0.2) is 23.5 Å². The summed E-state index contributed by atoms with van der Waals surface area (Å²) in [6, 6.07) is 0. The van der Waals surface area contributed by atoms with Crippen LogP contribution in [0, 0.1) is 23.2 Å². The van der Waals surface area contributed by atoms with Crippen LogP contribution in [0.4, 0.5) is 0 Å². The van der Waals surface area contributed by atoms with E-state index in [1.807, 2.05) is 0 Å². The van der Waals surface area contributed by atoms with E-state index >= 15 is 0 Å². The summed E-state index contributed by atoms with van der Waals surface area (Å²) in [4.78, 5) is 22.9. The molecule has 2 saturated carbocycles. The second kappa shape index (κ2) is 4.31. The van der Waals surface area contributed by atoms with Gasteiger partial charge in [-0.05, 0) is 30.6 Å². The van der Waals surface area contributed by atoms with Crippen LogP contribution in [0.5, 0.6) is 0 Å². The predicted molar refractivity (Wildman–Crippen MR) is 63.4 cm³/mol. The molecule has 0 saturated heterocycles. The quantitative estimate of drug-likeness (QED) is 0.784. The van der Waals surface area contributed by atoms with Gasteiger partial charge in [-0.15, -0.1) is 0 Å². The fourth-order valence-corrected chi connectivity index (χ4v) is 2.85. The maximum absolute atomic E-state index is 11.9. The topological polar surface area (TPSA) is 66.4 Å². The highest BCUT2D eigenvalue weighted by atomic mass is 16.4. The lowest BCUT2D eigenvalue weighted by Gasteiger charge is -2.15. The first kappa shape index (κ1) is 12.4. The van der Waals surface area contributed by atoms with E-state index in [2.05, 4.69) is 19.2 Å². The third-order valence-corrected chi connectivity index (χ3v) is 4.41. The molecule has 3 atom stereocenters. The van der Waals surface area contributed by atoms with Crippen molar-refractivity contribution in [1.29, 1.82) is 0 Å². The van der Waals surface area contributed by atoms with Gasteiger partial charge >= 0.3 is 5.97 Å². The fourth-order valence-electron chi connectivity index (χ4n) is 2.85. The lowest BCUT2D eigenvalue weighted by atomic mass is 9.95. The smallest absolute Gasteiger partial charge is 0.307 e. The van der Waals surface area contributed by atoms with Gasteiger partial charge < -0.3 is 10.4 Å². The van der Waals surface area contributed by atoms with Gasteiger partial charge in [-0.3, -0.25) is 9.59 Å². The Morgan fingerprint density at radius 2 is 1.88 bits per heavy atom. The monoisotopic (exact) mass is 239 g/mol. The van der Waals surface area contributed by atoms with Gasteiger partial charge in [0.25, 0.3) is 0 Å². The summed E-state index contributed by atoms with van der Waals surface area (Å²) < 4.78 is 0.